The highest BCUT2D eigenvalue weighted by Gasteiger charge is 2.05. The first-order valence-electron chi connectivity index (χ1n) is 3.82. The molecule has 0 atom stereocenters. The lowest BCUT2D eigenvalue weighted by atomic mass is 10.4. The second-order valence-electron chi connectivity index (χ2n) is 2.47. The molecule has 0 unspecified atom stereocenters. The SMILES string of the molecule is COc1ccc(-c2nc(O)cs2)nn1. The van der Waals surface area contributed by atoms with Gasteiger partial charge in [-0.15, -0.1) is 21.5 Å². The van der Waals surface area contributed by atoms with Crippen molar-refractivity contribution in [2.24, 2.45) is 0 Å². The van der Waals surface area contributed by atoms with Crippen molar-refractivity contribution in [1.82, 2.24) is 15.2 Å². The molecule has 0 saturated heterocycles. The van der Waals surface area contributed by atoms with E-state index in [0.29, 0.717) is 16.6 Å². The molecule has 0 spiro atoms. The van der Waals surface area contributed by atoms with Crippen LogP contribution in [-0.2, 0) is 0 Å². The van der Waals surface area contributed by atoms with Crippen molar-refractivity contribution in [3.8, 4) is 22.5 Å². The Labute approximate surface area is 84.0 Å². The second kappa shape index (κ2) is 3.59. The molecule has 2 heterocycles. The number of thiazole rings is 1. The first-order chi connectivity index (χ1) is 6.79. The van der Waals surface area contributed by atoms with Crippen molar-refractivity contribution in [3.05, 3.63) is 17.5 Å². The third kappa shape index (κ3) is 1.64. The Kier molecular flexibility index (Phi) is 2.28. The van der Waals surface area contributed by atoms with Crippen LogP contribution in [0.4, 0.5) is 0 Å². The highest BCUT2D eigenvalue weighted by molar-refractivity contribution is 7.13. The fourth-order valence-corrected chi connectivity index (χ4v) is 1.57. The van der Waals surface area contributed by atoms with Gasteiger partial charge in [-0.05, 0) is 6.07 Å². The van der Waals surface area contributed by atoms with Crippen LogP contribution >= 0.6 is 11.3 Å². The summed E-state index contributed by atoms with van der Waals surface area (Å²) in [5.41, 5.74) is 0.621. The maximum atomic E-state index is 9.04. The molecule has 0 aromatic carbocycles. The van der Waals surface area contributed by atoms with Crippen molar-refractivity contribution in [3.63, 3.8) is 0 Å². The van der Waals surface area contributed by atoms with E-state index in [1.165, 1.54) is 18.4 Å². The Hall–Kier alpha value is -1.69. The molecule has 5 nitrogen and oxygen atoms in total. The lowest BCUT2D eigenvalue weighted by molar-refractivity contribution is 0.392. The maximum Gasteiger partial charge on any atom is 0.233 e. The summed E-state index contributed by atoms with van der Waals surface area (Å²) in [5.74, 6) is 0.456. The van der Waals surface area contributed by atoms with E-state index >= 15 is 0 Å². The number of aromatic nitrogens is 3. The number of methoxy groups -OCH3 is 1. The summed E-state index contributed by atoms with van der Waals surface area (Å²) < 4.78 is 4.87. The topological polar surface area (TPSA) is 68.1 Å². The zero-order valence-electron chi connectivity index (χ0n) is 7.34. The minimum atomic E-state index is 0.00242. The molecule has 1 N–H and O–H groups in total. The third-order valence-corrected chi connectivity index (χ3v) is 2.41. The van der Waals surface area contributed by atoms with E-state index < -0.39 is 0 Å². The lowest BCUT2D eigenvalue weighted by Gasteiger charge is -1.96. The van der Waals surface area contributed by atoms with E-state index in [1.807, 2.05) is 0 Å². The summed E-state index contributed by atoms with van der Waals surface area (Å²) in [7, 11) is 1.53. The smallest absolute Gasteiger partial charge is 0.233 e. The van der Waals surface area contributed by atoms with Crippen LogP contribution in [-0.4, -0.2) is 27.4 Å². The van der Waals surface area contributed by atoms with Gasteiger partial charge in [0.15, 0.2) is 0 Å². The summed E-state index contributed by atoms with van der Waals surface area (Å²) in [6, 6.07) is 3.44. The van der Waals surface area contributed by atoms with Crippen LogP contribution in [0, 0.1) is 0 Å². The number of aromatic hydroxyl groups is 1. The zero-order chi connectivity index (χ0) is 9.97. The van der Waals surface area contributed by atoms with Gasteiger partial charge in [0, 0.05) is 6.07 Å². The number of hydrogen-bond donors (Lipinski definition) is 1. The van der Waals surface area contributed by atoms with Gasteiger partial charge in [0.25, 0.3) is 0 Å². The second-order valence-corrected chi connectivity index (χ2v) is 3.33. The van der Waals surface area contributed by atoms with Crippen molar-refractivity contribution in [2.45, 2.75) is 0 Å². The molecule has 0 amide bonds. The van der Waals surface area contributed by atoms with E-state index in [0.717, 1.165) is 0 Å². The van der Waals surface area contributed by atoms with Crippen LogP contribution in [0.1, 0.15) is 0 Å². The Bertz CT molecular complexity index is 426. The average molecular weight is 209 g/mol. The van der Waals surface area contributed by atoms with Gasteiger partial charge in [0.05, 0.1) is 12.5 Å². The standard InChI is InChI=1S/C8H7N3O2S/c1-13-7-3-2-5(10-11-7)8-9-6(12)4-14-8/h2-4,12H,1H3. The van der Waals surface area contributed by atoms with Crippen LogP contribution in [0.5, 0.6) is 11.8 Å². The summed E-state index contributed by atoms with van der Waals surface area (Å²) in [4.78, 5) is 3.87. The minimum absolute atomic E-state index is 0.00242. The quantitative estimate of drug-likeness (QED) is 0.807. The Balaban J connectivity index is 2.33. The zero-order valence-corrected chi connectivity index (χ0v) is 8.15. The molecule has 6 heteroatoms. The molecule has 2 aromatic heterocycles. The highest BCUT2D eigenvalue weighted by Crippen LogP contribution is 2.24. The molecule has 0 bridgehead atoms. The Morgan fingerprint density at radius 2 is 2.21 bits per heavy atom. The predicted octanol–water partition coefficient (Wildman–Crippen LogP) is 1.31. The number of rotatable bonds is 2. The molecular formula is C8H7N3O2S. The van der Waals surface area contributed by atoms with E-state index in [1.54, 1.807) is 17.5 Å². The van der Waals surface area contributed by atoms with Gasteiger partial charge in [0.2, 0.25) is 11.8 Å². The lowest BCUT2D eigenvalue weighted by Crippen LogP contribution is -1.91. The highest BCUT2D eigenvalue weighted by atomic mass is 32.1. The summed E-state index contributed by atoms with van der Waals surface area (Å²) in [6.07, 6.45) is 0. The van der Waals surface area contributed by atoms with E-state index in [4.69, 9.17) is 9.84 Å². The number of nitrogens with zero attached hydrogens (tertiary/aromatic N) is 3. The molecule has 14 heavy (non-hydrogen) atoms. The van der Waals surface area contributed by atoms with Crippen LogP contribution in [0.2, 0.25) is 0 Å². The average Bonchev–Trinajstić information content (AvgIpc) is 2.65. The third-order valence-electron chi connectivity index (χ3n) is 1.56. The van der Waals surface area contributed by atoms with Crippen LogP contribution in [0.15, 0.2) is 17.5 Å². The molecule has 2 aromatic rings. The van der Waals surface area contributed by atoms with Crippen molar-refractivity contribution in [1.29, 1.82) is 0 Å². The fraction of sp³-hybridized carbons (Fsp3) is 0.125. The molecule has 0 aliphatic rings. The van der Waals surface area contributed by atoms with Gasteiger partial charge < -0.3 is 9.84 Å². The molecule has 0 radical (unpaired) electrons. The molecule has 72 valence electrons. The molecule has 0 aliphatic heterocycles. The molecule has 2 rings (SSSR count). The van der Waals surface area contributed by atoms with Crippen LogP contribution < -0.4 is 4.74 Å². The van der Waals surface area contributed by atoms with E-state index in [-0.39, 0.29) is 5.88 Å². The van der Waals surface area contributed by atoms with Crippen LogP contribution in [0.25, 0.3) is 10.7 Å². The largest absolute Gasteiger partial charge is 0.493 e. The van der Waals surface area contributed by atoms with Gasteiger partial charge in [-0.25, -0.2) is 4.98 Å². The van der Waals surface area contributed by atoms with E-state index in [9.17, 15) is 0 Å². The summed E-state index contributed by atoms with van der Waals surface area (Å²) in [5, 5.41) is 18.9. The molecule has 0 aliphatic carbocycles. The summed E-state index contributed by atoms with van der Waals surface area (Å²) in [6.45, 7) is 0. The van der Waals surface area contributed by atoms with Gasteiger partial charge >= 0.3 is 0 Å². The minimum Gasteiger partial charge on any atom is -0.493 e. The van der Waals surface area contributed by atoms with Crippen molar-refractivity contribution >= 4 is 11.3 Å². The van der Waals surface area contributed by atoms with Gasteiger partial charge in [-0.2, -0.15) is 0 Å². The van der Waals surface area contributed by atoms with Crippen molar-refractivity contribution in [2.75, 3.05) is 7.11 Å². The van der Waals surface area contributed by atoms with E-state index in [2.05, 4.69) is 15.2 Å². The number of ether oxygens (including phenoxy) is 1. The van der Waals surface area contributed by atoms with Gasteiger partial charge in [-0.1, -0.05) is 0 Å². The monoisotopic (exact) mass is 209 g/mol. The van der Waals surface area contributed by atoms with Gasteiger partial charge in [-0.3, -0.25) is 0 Å². The normalized spacial score (nSPS) is 10.1. The predicted molar refractivity (Wildman–Crippen MR) is 51.4 cm³/mol. The fourth-order valence-electron chi connectivity index (χ4n) is 0.926. The molecule has 0 fully saturated rings. The first kappa shape index (κ1) is 8.89. The summed E-state index contributed by atoms with van der Waals surface area (Å²) >= 11 is 1.31. The first-order valence-corrected chi connectivity index (χ1v) is 4.70. The Morgan fingerprint density at radius 3 is 2.71 bits per heavy atom. The van der Waals surface area contributed by atoms with Crippen LogP contribution in [0.3, 0.4) is 0 Å². The van der Waals surface area contributed by atoms with Gasteiger partial charge in [0.1, 0.15) is 10.7 Å². The number of hydrogen-bond acceptors (Lipinski definition) is 6. The molecule has 0 saturated carbocycles. The molecular weight excluding hydrogens is 202 g/mol. The Morgan fingerprint density at radius 1 is 1.36 bits per heavy atom. The maximum absolute atomic E-state index is 9.04. The van der Waals surface area contributed by atoms with Crippen molar-refractivity contribution < 1.29 is 9.84 Å².